The van der Waals surface area contributed by atoms with Crippen LogP contribution in [0.5, 0.6) is 0 Å². The van der Waals surface area contributed by atoms with Crippen molar-refractivity contribution in [2.75, 3.05) is 0 Å². The molecule has 1 radical (unpaired) electrons. The zero-order valence-corrected chi connectivity index (χ0v) is 6.36. The van der Waals surface area contributed by atoms with Crippen LogP contribution in [0.15, 0.2) is 0 Å². The van der Waals surface area contributed by atoms with Gasteiger partial charge in [-0.25, -0.2) is 0 Å². The van der Waals surface area contributed by atoms with E-state index >= 15 is 0 Å². The van der Waals surface area contributed by atoms with Gasteiger partial charge >= 0.3 is 56.1 Å². The van der Waals surface area contributed by atoms with Gasteiger partial charge in [-0.2, -0.15) is 0 Å². The summed E-state index contributed by atoms with van der Waals surface area (Å²) in [5.74, 6) is 0. The Labute approximate surface area is 56.2 Å². The summed E-state index contributed by atoms with van der Waals surface area (Å²) in [5.41, 5.74) is -4.13. The van der Waals surface area contributed by atoms with Crippen LogP contribution in [0, 0.1) is 0 Å². The summed E-state index contributed by atoms with van der Waals surface area (Å²) >= 11 is 0.569. The van der Waals surface area contributed by atoms with E-state index in [9.17, 15) is 0 Å². The molecule has 38 valence electrons. The fourth-order valence-corrected chi connectivity index (χ4v) is 0. The van der Waals surface area contributed by atoms with Crippen LogP contribution in [0.4, 0.5) is 0 Å². The van der Waals surface area contributed by atoms with Crippen LogP contribution < -0.4 is 9.79 Å². The average molecular weight is 234 g/mol. The van der Waals surface area contributed by atoms with E-state index in [1.165, 1.54) is 0 Å². The summed E-state index contributed by atoms with van der Waals surface area (Å²) in [4.78, 5) is 18.2. The van der Waals surface area contributed by atoms with E-state index in [0.29, 0.717) is 19.3 Å². The summed E-state index contributed by atoms with van der Waals surface area (Å²) < 4.78 is 9.11. The quantitative estimate of drug-likeness (QED) is 0.373. The van der Waals surface area contributed by atoms with Gasteiger partial charge in [-0.1, -0.05) is 0 Å². The van der Waals surface area contributed by atoms with Crippen molar-refractivity contribution in [1.29, 1.82) is 0 Å². The Morgan fingerprint density at radius 1 is 1.50 bits per heavy atom. The first-order valence-electron chi connectivity index (χ1n) is 0.730. The largest absolute Gasteiger partial charge is 2.00 e. The molecule has 0 aliphatic heterocycles. The van der Waals surface area contributed by atoms with Gasteiger partial charge in [0.25, 0.3) is 0 Å². The van der Waals surface area contributed by atoms with Gasteiger partial charge in [0.15, 0.2) is 0 Å². The summed E-state index contributed by atoms with van der Waals surface area (Å²) in [6.07, 6.45) is 0. The minimum atomic E-state index is -4.13. The van der Waals surface area contributed by atoms with Crippen LogP contribution in [-0.2, 0) is 40.7 Å². The summed E-state index contributed by atoms with van der Waals surface area (Å²) in [6.45, 7) is 0. The molecule has 0 aliphatic rings. The molecule has 0 N–H and O–H groups in total. The number of hydrogen-bond acceptors (Lipinski definition) is 3. The predicted octanol–water partition coefficient (Wildman–Crippen LogP) is -1.64. The maximum absolute atomic E-state index is 9.11. The topological polar surface area (TPSA) is 63.2 Å². The van der Waals surface area contributed by atoms with Crippen LogP contribution in [0.25, 0.3) is 0 Å². The van der Waals surface area contributed by atoms with Crippen LogP contribution in [0.1, 0.15) is 0 Å². The average Bonchev–Trinajstić information content (AvgIpc) is 0.722. The molecule has 3 nitrogen and oxygen atoms in total. The first kappa shape index (κ1) is 10.4. The molecule has 0 rings (SSSR count). The normalized spacial score (nSPS) is 9.67. The summed E-state index contributed by atoms with van der Waals surface area (Å²) in [7, 11) is 0. The Morgan fingerprint density at radius 2 is 1.50 bits per heavy atom. The minimum absolute atomic E-state index is 0. The Bertz CT molecular complexity index is 56.9. The van der Waals surface area contributed by atoms with Crippen molar-refractivity contribution in [1.82, 2.24) is 0 Å². The third-order valence-electron chi connectivity index (χ3n) is 0. The second kappa shape index (κ2) is 3.36. The molecule has 0 saturated carbocycles. The predicted molar refractivity (Wildman–Crippen MR) is 7.61 cm³/mol. The molecule has 6 heavy (non-hydrogen) atoms. The minimum Gasteiger partial charge on any atom is 2.00 e. The molecule has 0 aromatic rings. The van der Waals surface area contributed by atoms with E-state index < -0.39 is 5.69 Å². The van der Waals surface area contributed by atoms with E-state index in [1.54, 1.807) is 0 Å². The first-order valence-corrected chi connectivity index (χ1v) is 4.88. The standard InChI is InChI=1S/Co.Mo.HO3P/c;;1-4(2)3/h;;(H,1,2,3)/q+2;-1;/p-1. The van der Waals surface area contributed by atoms with Gasteiger partial charge in [-0.15, -0.1) is 0 Å². The Balaban J connectivity index is 0. The first-order chi connectivity index (χ1) is 2.00. The third-order valence-corrected chi connectivity index (χ3v) is 0. The van der Waals surface area contributed by atoms with Crippen molar-refractivity contribution in [3.63, 3.8) is 0 Å². The zero-order chi connectivity index (χ0) is 4.50. The fraction of sp³-hybridized carbons (Fsp3) is 0. The fourth-order valence-electron chi connectivity index (χ4n) is 0. The van der Waals surface area contributed by atoms with Gasteiger partial charge in [0, 0.05) is 0 Å². The molecule has 0 atom stereocenters. The molecular weight excluding hydrogens is 234 g/mol. The van der Waals surface area contributed by atoms with Crippen molar-refractivity contribution in [3.8, 4) is 0 Å². The molecule has 0 heterocycles. The number of hydrogen-bond donors (Lipinski definition) is 0. The van der Waals surface area contributed by atoms with Crippen molar-refractivity contribution in [3.05, 3.63) is 0 Å². The Hall–Kier alpha value is 1.34. The zero-order valence-electron chi connectivity index (χ0n) is 2.41. The Morgan fingerprint density at radius 3 is 1.50 bits per heavy atom. The van der Waals surface area contributed by atoms with E-state index in [1.807, 2.05) is 0 Å². The van der Waals surface area contributed by atoms with Gasteiger partial charge in [-0.3, -0.25) is 0 Å². The molecule has 0 spiro atoms. The van der Waals surface area contributed by atoms with Crippen LogP contribution in [-0.4, -0.2) is 0 Å². The molecule has 0 aliphatic carbocycles. The second-order valence-electron chi connectivity index (χ2n) is 0.447. The van der Waals surface area contributed by atoms with Gasteiger partial charge in [0.1, 0.15) is 0 Å². The molecule has 0 bridgehead atoms. The molecule has 6 heteroatoms. The smallest absolute Gasteiger partial charge is 2.00 e. The molecule has 0 amide bonds. The van der Waals surface area contributed by atoms with Crippen molar-refractivity contribution >= 4 is 5.69 Å². The maximum Gasteiger partial charge on any atom is 2.00 e. The molecule has 0 saturated heterocycles. The molecule has 0 fully saturated rings. The van der Waals surface area contributed by atoms with Crippen LogP contribution in [0.3, 0.4) is 0 Å². The van der Waals surface area contributed by atoms with Crippen molar-refractivity contribution in [2.24, 2.45) is 0 Å². The van der Waals surface area contributed by atoms with Crippen molar-refractivity contribution < 1.29 is 50.4 Å². The molecule has 0 unspecified atom stereocenters. The maximum atomic E-state index is 9.11. The van der Waals surface area contributed by atoms with E-state index in [0.717, 1.165) is 0 Å². The number of rotatable bonds is 0. The van der Waals surface area contributed by atoms with Gasteiger partial charge in [0.2, 0.25) is 0 Å². The van der Waals surface area contributed by atoms with E-state index in [2.05, 4.69) is 0 Å². The SMILES string of the molecule is O=[P]([O-])([O-])[Mo].[Co+2]. The monoisotopic (exact) mass is 236 g/mol. The molecule has 0 aromatic carbocycles. The van der Waals surface area contributed by atoms with Gasteiger partial charge in [-0.05, 0) is 0 Å². The van der Waals surface area contributed by atoms with E-state index in [-0.39, 0.29) is 16.8 Å². The van der Waals surface area contributed by atoms with Gasteiger partial charge < -0.3 is 0 Å². The van der Waals surface area contributed by atoms with Crippen molar-refractivity contribution in [2.45, 2.75) is 0 Å². The third kappa shape index (κ3) is 55.8. The van der Waals surface area contributed by atoms with Crippen LogP contribution >= 0.6 is 5.69 Å². The Kier molecular flexibility index (Phi) is 5.80. The molecule has 0 aromatic heterocycles. The van der Waals surface area contributed by atoms with Crippen LogP contribution in [0.2, 0.25) is 0 Å². The summed E-state index contributed by atoms with van der Waals surface area (Å²) in [6, 6.07) is 0. The van der Waals surface area contributed by atoms with E-state index in [4.69, 9.17) is 14.4 Å². The second-order valence-corrected chi connectivity index (χ2v) is 4.64. The summed E-state index contributed by atoms with van der Waals surface area (Å²) in [5, 5.41) is 0. The molecular formula is CoMoO3P. The van der Waals surface area contributed by atoms with Gasteiger partial charge in [0.05, 0.1) is 0 Å².